The first-order valence-electron chi connectivity index (χ1n) is 7.61. The zero-order chi connectivity index (χ0) is 16.2. The van der Waals surface area contributed by atoms with Crippen molar-refractivity contribution in [2.75, 3.05) is 19.7 Å². The SMILES string of the molecule is CCC1(CO)CCN(C(=O)NCc2ccc(O)c(F)c2)CC1. The molecule has 6 heteroatoms. The van der Waals surface area contributed by atoms with Gasteiger partial charge in [-0.1, -0.05) is 13.0 Å². The van der Waals surface area contributed by atoms with Crippen LogP contribution in [0.1, 0.15) is 31.7 Å². The van der Waals surface area contributed by atoms with Crippen molar-refractivity contribution < 1.29 is 19.4 Å². The highest BCUT2D eigenvalue weighted by Crippen LogP contribution is 2.34. The Hall–Kier alpha value is -1.82. The Kier molecular flexibility index (Phi) is 5.24. The second-order valence-corrected chi connectivity index (χ2v) is 5.94. The molecule has 2 amide bonds. The monoisotopic (exact) mass is 310 g/mol. The first-order valence-corrected chi connectivity index (χ1v) is 7.61. The summed E-state index contributed by atoms with van der Waals surface area (Å²) in [5, 5.41) is 21.4. The van der Waals surface area contributed by atoms with Crippen molar-refractivity contribution in [1.82, 2.24) is 10.2 Å². The lowest BCUT2D eigenvalue weighted by Gasteiger charge is -2.40. The highest BCUT2D eigenvalue weighted by atomic mass is 19.1. The van der Waals surface area contributed by atoms with Crippen LogP contribution in [0, 0.1) is 11.2 Å². The molecule has 0 atom stereocenters. The maximum atomic E-state index is 13.2. The van der Waals surface area contributed by atoms with E-state index >= 15 is 0 Å². The lowest BCUT2D eigenvalue weighted by molar-refractivity contribution is 0.0519. The zero-order valence-corrected chi connectivity index (χ0v) is 12.8. The molecule has 0 bridgehead atoms. The first kappa shape index (κ1) is 16.5. The van der Waals surface area contributed by atoms with Crippen molar-refractivity contribution in [2.45, 2.75) is 32.7 Å². The summed E-state index contributed by atoms with van der Waals surface area (Å²) < 4.78 is 13.2. The Morgan fingerprint density at radius 2 is 2.09 bits per heavy atom. The maximum absolute atomic E-state index is 13.2. The number of phenols is 1. The van der Waals surface area contributed by atoms with Crippen LogP contribution in [-0.4, -0.2) is 40.8 Å². The number of piperidine rings is 1. The van der Waals surface area contributed by atoms with Crippen LogP contribution in [0.2, 0.25) is 0 Å². The number of likely N-dealkylation sites (tertiary alicyclic amines) is 1. The van der Waals surface area contributed by atoms with E-state index in [-0.39, 0.29) is 24.6 Å². The Morgan fingerprint density at radius 3 is 2.64 bits per heavy atom. The van der Waals surface area contributed by atoms with Gasteiger partial charge in [0.25, 0.3) is 0 Å². The number of aliphatic hydroxyl groups is 1. The maximum Gasteiger partial charge on any atom is 0.317 e. The number of hydrogen-bond donors (Lipinski definition) is 3. The Bertz CT molecular complexity index is 522. The van der Waals surface area contributed by atoms with E-state index in [9.17, 15) is 14.3 Å². The van der Waals surface area contributed by atoms with Crippen LogP contribution in [0.3, 0.4) is 0 Å². The van der Waals surface area contributed by atoms with Crippen LogP contribution in [0.4, 0.5) is 9.18 Å². The smallest absolute Gasteiger partial charge is 0.317 e. The third kappa shape index (κ3) is 3.68. The van der Waals surface area contributed by atoms with E-state index in [0.29, 0.717) is 18.7 Å². The van der Waals surface area contributed by atoms with Crippen LogP contribution in [-0.2, 0) is 6.54 Å². The van der Waals surface area contributed by atoms with Crippen LogP contribution in [0.15, 0.2) is 18.2 Å². The Labute approximate surface area is 129 Å². The number of nitrogens with zero attached hydrogens (tertiary/aromatic N) is 1. The molecule has 0 radical (unpaired) electrons. The van der Waals surface area contributed by atoms with Crippen molar-refractivity contribution in [3.63, 3.8) is 0 Å². The number of aliphatic hydroxyl groups excluding tert-OH is 1. The molecule has 1 heterocycles. The van der Waals surface area contributed by atoms with E-state index in [2.05, 4.69) is 12.2 Å². The van der Waals surface area contributed by atoms with Crippen molar-refractivity contribution in [1.29, 1.82) is 0 Å². The lowest BCUT2D eigenvalue weighted by Crippen LogP contribution is -2.48. The molecule has 2 rings (SSSR count). The van der Waals surface area contributed by atoms with Gasteiger partial charge in [-0.15, -0.1) is 0 Å². The summed E-state index contributed by atoms with van der Waals surface area (Å²) in [5.41, 5.74) is 0.538. The molecule has 1 fully saturated rings. The molecule has 1 aromatic rings. The number of phenolic OH excluding ortho intramolecular Hbond substituents is 1. The molecule has 122 valence electrons. The van der Waals surface area contributed by atoms with Gasteiger partial charge in [0.2, 0.25) is 0 Å². The number of benzene rings is 1. The summed E-state index contributed by atoms with van der Waals surface area (Å²) in [6.45, 7) is 3.66. The quantitative estimate of drug-likeness (QED) is 0.798. The summed E-state index contributed by atoms with van der Waals surface area (Å²) in [4.78, 5) is 13.8. The van der Waals surface area contributed by atoms with Crippen molar-refractivity contribution in [3.05, 3.63) is 29.6 Å². The normalized spacial score (nSPS) is 17.3. The summed E-state index contributed by atoms with van der Waals surface area (Å²) in [7, 11) is 0. The van der Waals surface area contributed by atoms with Crippen LogP contribution in [0.5, 0.6) is 5.75 Å². The third-order valence-corrected chi connectivity index (χ3v) is 4.65. The summed E-state index contributed by atoms with van der Waals surface area (Å²) in [5.74, 6) is -1.09. The Morgan fingerprint density at radius 1 is 1.41 bits per heavy atom. The van der Waals surface area contributed by atoms with Gasteiger partial charge in [-0.3, -0.25) is 0 Å². The molecule has 5 nitrogen and oxygen atoms in total. The number of amides is 2. The molecule has 0 aliphatic carbocycles. The van der Waals surface area contributed by atoms with Gasteiger partial charge in [0.1, 0.15) is 0 Å². The molecule has 22 heavy (non-hydrogen) atoms. The van der Waals surface area contributed by atoms with E-state index < -0.39 is 11.6 Å². The van der Waals surface area contributed by atoms with Gasteiger partial charge in [-0.05, 0) is 42.4 Å². The molecule has 1 aliphatic rings. The van der Waals surface area contributed by atoms with Crippen molar-refractivity contribution in [3.8, 4) is 5.75 Å². The average Bonchev–Trinajstić information content (AvgIpc) is 2.55. The fourth-order valence-corrected chi connectivity index (χ4v) is 2.76. The van der Waals surface area contributed by atoms with Gasteiger partial charge in [-0.2, -0.15) is 0 Å². The second-order valence-electron chi connectivity index (χ2n) is 5.94. The molecule has 1 aliphatic heterocycles. The van der Waals surface area contributed by atoms with Gasteiger partial charge >= 0.3 is 6.03 Å². The number of hydrogen-bond acceptors (Lipinski definition) is 3. The van der Waals surface area contributed by atoms with E-state index in [1.54, 1.807) is 11.0 Å². The minimum atomic E-state index is -0.694. The van der Waals surface area contributed by atoms with Crippen molar-refractivity contribution >= 4 is 6.03 Å². The van der Waals surface area contributed by atoms with Crippen LogP contribution >= 0.6 is 0 Å². The second kappa shape index (κ2) is 6.96. The van der Waals surface area contributed by atoms with Gasteiger partial charge in [0.15, 0.2) is 11.6 Å². The molecule has 1 aromatic carbocycles. The topological polar surface area (TPSA) is 72.8 Å². The minimum absolute atomic E-state index is 0.0587. The fourth-order valence-electron chi connectivity index (χ4n) is 2.76. The van der Waals surface area contributed by atoms with E-state index in [4.69, 9.17) is 5.11 Å². The standard InChI is InChI=1S/C16H23FN2O3/c1-2-16(11-20)5-7-19(8-6-16)15(22)18-10-12-3-4-14(21)13(17)9-12/h3-4,9,20-21H,2,5-8,10-11H2,1H3,(H,18,22). The van der Waals surface area contributed by atoms with E-state index in [1.165, 1.54) is 12.1 Å². The van der Waals surface area contributed by atoms with Crippen LogP contribution < -0.4 is 5.32 Å². The summed E-state index contributed by atoms with van der Waals surface area (Å²) in [6, 6.07) is 3.87. The number of nitrogens with one attached hydrogen (secondary N) is 1. The largest absolute Gasteiger partial charge is 0.505 e. The highest BCUT2D eigenvalue weighted by molar-refractivity contribution is 5.74. The van der Waals surface area contributed by atoms with Gasteiger partial charge in [0, 0.05) is 26.2 Å². The molecule has 0 spiro atoms. The van der Waals surface area contributed by atoms with Crippen LogP contribution in [0.25, 0.3) is 0 Å². The highest BCUT2D eigenvalue weighted by Gasteiger charge is 2.33. The number of carbonyl (C=O) groups excluding carboxylic acids is 1. The molecule has 0 saturated carbocycles. The minimum Gasteiger partial charge on any atom is -0.505 e. The number of halogens is 1. The van der Waals surface area contributed by atoms with Crippen molar-refractivity contribution in [2.24, 2.45) is 5.41 Å². The molecule has 0 unspecified atom stereocenters. The summed E-state index contributed by atoms with van der Waals surface area (Å²) in [6.07, 6.45) is 2.49. The Balaban J connectivity index is 1.84. The molecule has 0 aromatic heterocycles. The number of aromatic hydroxyl groups is 1. The molecular formula is C16H23FN2O3. The van der Waals surface area contributed by atoms with Gasteiger partial charge in [-0.25, -0.2) is 9.18 Å². The lowest BCUT2D eigenvalue weighted by atomic mass is 9.77. The predicted molar refractivity (Wildman–Crippen MR) is 80.9 cm³/mol. The predicted octanol–water partition coefficient (Wildman–Crippen LogP) is 2.23. The summed E-state index contributed by atoms with van der Waals surface area (Å²) >= 11 is 0. The first-order chi connectivity index (χ1) is 10.5. The van der Waals surface area contributed by atoms with Gasteiger partial charge in [0.05, 0.1) is 0 Å². The third-order valence-electron chi connectivity index (χ3n) is 4.65. The van der Waals surface area contributed by atoms with E-state index in [1.807, 2.05) is 0 Å². The number of urea groups is 1. The average molecular weight is 310 g/mol. The molecular weight excluding hydrogens is 287 g/mol. The molecule has 3 N–H and O–H groups in total. The van der Waals surface area contributed by atoms with E-state index in [0.717, 1.165) is 19.3 Å². The van der Waals surface area contributed by atoms with Gasteiger partial charge < -0.3 is 20.4 Å². The number of carbonyl (C=O) groups is 1. The zero-order valence-electron chi connectivity index (χ0n) is 12.8. The number of rotatable bonds is 4. The molecule has 1 saturated heterocycles. The fraction of sp³-hybridized carbons (Fsp3) is 0.562.